The van der Waals surface area contributed by atoms with Crippen molar-refractivity contribution in [3.05, 3.63) is 83.4 Å². The molecule has 1 aliphatic heterocycles. The van der Waals surface area contributed by atoms with E-state index in [-0.39, 0.29) is 17.4 Å². The third-order valence-corrected chi connectivity index (χ3v) is 7.93. The molecule has 0 aromatic heterocycles. The van der Waals surface area contributed by atoms with Gasteiger partial charge in [0.2, 0.25) is 0 Å². The zero-order valence-electron chi connectivity index (χ0n) is 20.0. The molecule has 1 heterocycles. The maximum atomic E-state index is 12.7. The van der Waals surface area contributed by atoms with Gasteiger partial charge in [-0.25, -0.2) is 8.42 Å². The number of hydrogen-bond acceptors (Lipinski definition) is 5. The summed E-state index contributed by atoms with van der Waals surface area (Å²) in [6.45, 7) is 1.36. The molecule has 0 unspecified atom stereocenters. The monoisotopic (exact) mass is 528 g/mol. The Kier molecular flexibility index (Phi) is 8.38. The van der Waals surface area contributed by atoms with E-state index in [1.54, 1.807) is 12.1 Å². The second-order valence-corrected chi connectivity index (χ2v) is 10.8. The third-order valence-electron chi connectivity index (χ3n) is 6.23. The highest BCUT2D eigenvalue weighted by molar-refractivity contribution is 7.92. The molecule has 0 atom stereocenters. The van der Waals surface area contributed by atoms with E-state index >= 15 is 0 Å². The standard InChI is InChI=1S/C27H29ClN2O5S/c1-34-26-12-7-22(18-25(26)28)29-36(32,33)24-10-8-23(9-11-24)35-19-27(31)30-15-13-21(14-16-30)17-20-5-3-2-4-6-20/h2-12,18,21,29H,13-17,19H2,1H3. The van der Waals surface area contributed by atoms with Crippen molar-refractivity contribution in [3.63, 3.8) is 0 Å². The number of halogens is 1. The Morgan fingerprint density at radius 3 is 2.36 bits per heavy atom. The topological polar surface area (TPSA) is 84.9 Å². The fraction of sp³-hybridized carbons (Fsp3) is 0.296. The Morgan fingerprint density at radius 2 is 1.72 bits per heavy atom. The molecule has 0 bridgehead atoms. The van der Waals surface area contributed by atoms with Crippen LogP contribution in [0.1, 0.15) is 18.4 Å². The van der Waals surface area contributed by atoms with Crippen molar-refractivity contribution in [3.8, 4) is 11.5 Å². The van der Waals surface area contributed by atoms with Crippen LogP contribution in [0.2, 0.25) is 5.02 Å². The third kappa shape index (κ3) is 6.71. The number of carbonyl (C=O) groups is 1. The summed E-state index contributed by atoms with van der Waals surface area (Å²) in [5, 5.41) is 0.298. The lowest BCUT2D eigenvalue weighted by Crippen LogP contribution is -2.41. The first-order valence-corrected chi connectivity index (χ1v) is 13.6. The van der Waals surface area contributed by atoms with Crippen LogP contribution in [0, 0.1) is 5.92 Å². The summed E-state index contributed by atoms with van der Waals surface area (Å²) in [6, 6.07) is 21.0. The van der Waals surface area contributed by atoms with Crippen molar-refractivity contribution in [2.45, 2.75) is 24.2 Å². The Hall–Kier alpha value is -3.23. The SMILES string of the molecule is COc1ccc(NS(=O)(=O)c2ccc(OCC(=O)N3CCC(Cc4ccccc4)CC3)cc2)cc1Cl. The van der Waals surface area contributed by atoms with Crippen LogP contribution >= 0.6 is 11.6 Å². The smallest absolute Gasteiger partial charge is 0.261 e. The van der Waals surface area contributed by atoms with E-state index in [0.29, 0.717) is 28.1 Å². The average molecular weight is 529 g/mol. The molecule has 1 aliphatic rings. The maximum absolute atomic E-state index is 12.7. The van der Waals surface area contributed by atoms with Crippen LogP contribution in [0.25, 0.3) is 0 Å². The van der Waals surface area contributed by atoms with Gasteiger partial charge in [-0.05, 0) is 73.2 Å². The van der Waals surface area contributed by atoms with Gasteiger partial charge < -0.3 is 14.4 Å². The molecule has 0 radical (unpaired) electrons. The molecule has 1 saturated heterocycles. The summed E-state index contributed by atoms with van der Waals surface area (Å²) in [5.41, 5.74) is 1.65. The highest BCUT2D eigenvalue weighted by Gasteiger charge is 2.23. The number of likely N-dealkylation sites (tertiary alicyclic amines) is 1. The molecular weight excluding hydrogens is 500 g/mol. The molecule has 7 nitrogen and oxygen atoms in total. The fourth-order valence-electron chi connectivity index (χ4n) is 4.23. The molecule has 190 valence electrons. The zero-order chi connectivity index (χ0) is 25.5. The molecule has 0 saturated carbocycles. The van der Waals surface area contributed by atoms with Crippen LogP contribution in [-0.4, -0.2) is 46.0 Å². The van der Waals surface area contributed by atoms with E-state index in [4.69, 9.17) is 21.1 Å². The molecular formula is C27H29ClN2O5S. The summed E-state index contributed by atoms with van der Waals surface area (Å²) in [6.07, 6.45) is 2.98. The normalized spacial score (nSPS) is 14.3. The van der Waals surface area contributed by atoms with E-state index in [0.717, 1.165) is 32.4 Å². The van der Waals surface area contributed by atoms with Crippen LogP contribution in [0.15, 0.2) is 77.7 Å². The van der Waals surface area contributed by atoms with Gasteiger partial charge in [0.25, 0.3) is 15.9 Å². The number of nitrogens with one attached hydrogen (secondary N) is 1. The molecule has 3 aromatic carbocycles. The van der Waals surface area contributed by atoms with Crippen molar-refractivity contribution < 1.29 is 22.7 Å². The fourth-order valence-corrected chi connectivity index (χ4v) is 5.54. The number of amides is 1. The highest BCUT2D eigenvalue weighted by atomic mass is 35.5. The molecule has 3 aromatic rings. The lowest BCUT2D eigenvalue weighted by atomic mass is 9.90. The van der Waals surface area contributed by atoms with Crippen molar-refractivity contribution in [1.29, 1.82) is 0 Å². The Morgan fingerprint density at radius 1 is 1.03 bits per heavy atom. The van der Waals surface area contributed by atoms with Gasteiger partial charge in [-0.2, -0.15) is 0 Å². The number of carbonyl (C=O) groups excluding carboxylic acids is 1. The van der Waals surface area contributed by atoms with Crippen LogP contribution in [0.5, 0.6) is 11.5 Å². The summed E-state index contributed by atoms with van der Waals surface area (Å²) in [4.78, 5) is 14.5. The summed E-state index contributed by atoms with van der Waals surface area (Å²) >= 11 is 6.07. The van der Waals surface area contributed by atoms with Crippen LogP contribution in [0.4, 0.5) is 5.69 Å². The summed E-state index contributed by atoms with van der Waals surface area (Å²) in [5.74, 6) is 1.39. The summed E-state index contributed by atoms with van der Waals surface area (Å²) < 4.78 is 38.6. The summed E-state index contributed by atoms with van der Waals surface area (Å²) in [7, 11) is -2.34. The van der Waals surface area contributed by atoms with Gasteiger partial charge in [-0.3, -0.25) is 9.52 Å². The van der Waals surface area contributed by atoms with E-state index in [9.17, 15) is 13.2 Å². The molecule has 0 aliphatic carbocycles. The minimum atomic E-state index is -3.82. The number of methoxy groups -OCH3 is 1. The lowest BCUT2D eigenvalue weighted by Gasteiger charge is -2.32. The Balaban J connectivity index is 1.26. The molecule has 1 fully saturated rings. The van der Waals surface area contributed by atoms with Crippen LogP contribution < -0.4 is 14.2 Å². The van der Waals surface area contributed by atoms with Gasteiger partial charge in [0, 0.05) is 13.1 Å². The Labute approximate surface area is 217 Å². The molecule has 4 rings (SSSR count). The van der Waals surface area contributed by atoms with E-state index in [2.05, 4.69) is 29.0 Å². The number of piperidine rings is 1. The quantitative estimate of drug-likeness (QED) is 0.422. The minimum Gasteiger partial charge on any atom is -0.495 e. The van der Waals surface area contributed by atoms with Gasteiger partial charge in [0.05, 0.1) is 22.7 Å². The molecule has 0 spiro atoms. The number of anilines is 1. The average Bonchev–Trinajstić information content (AvgIpc) is 2.88. The van der Waals surface area contributed by atoms with E-state index < -0.39 is 10.0 Å². The number of sulfonamides is 1. The number of benzene rings is 3. The van der Waals surface area contributed by atoms with Crippen molar-refractivity contribution >= 4 is 33.2 Å². The second-order valence-electron chi connectivity index (χ2n) is 8.73. The van der Waals surface area contributed by atoms with Gasteiger partial charge in [0.15, 0.2) is 6.61 Å². The van der Waals surface area contributed by atoms with Gasteiger partial charge >= 0.3 is 0 Å². The predicted molar refractivity (Wildman–Crippen MR) is 140 cm³/mol. The molecule has 1 N–H and O–H groups in total. The largest absolute Gasteiger partial charge is 0.495 e. The van der Waals surface area contributed by atoms with Crippen molar-refractivity contribution in [2.75, 3.05) is 31.5 Å². The number of hydrogen-bond donors (Lipinski definition) is 1. The first-order valence-electron chi connectivity index (χ1n) is 11.7. The predicted octanol–water partition coefficient (Wildman–Crippen LogP) is 5.01. The van der Waals surface area contributed by atoms with Crippen molar-refractivity contribution in [1.82, 2.24) is 4.90 Å². The number of nitrogens with zero attached hydrogens (tertiary/aromatic N) is 1. The number of ether oxygens (including phenoxy) is 2. The van der Waals surface area contributed by atoms with Crippen LogP contribution in [-0.2, 0) is 21.2 Å². The second kappa shape index (κ2) is 11.7. The zero-order valence-corrected chi connectivity index (χ0v) is 21.6. The van der Waals surface area contributed by atoms with E-state index in [1.165, 1.54) is 43.0 Å². The maximum Gasteiger partial charge on any atom is 0.261 e. The van der Waals surface area contributed by atoms with Crippen molar-refractivity contribution in [2.24, 2.45) is 5.92 Å². The van der Waals surface area contributed by atoms with Gasteiger partial charge in [-0.15, -0.1) is 0 Å². The molecule has 36 heavy (non-hydrogen) atoms. The highest BCUT2D eigenvalue weighted by Crippen LogP contribution is 2.29. The van der Waals surface area contributed by atoms with E-state index in [1.807, 2.05) is 11.0 Å². The van der Waals surface area contributed by atoms with Crippen LogP contribution in [0.3, 0.4) is 0 Å². The lowest BCUT2D eigenvalue weighted by molar-refractivity contribution is -0.134. The first kappa shape index (κ1) is 25.9. The van der Waals surface area contributed by atoms with Gasteiger partial charge in [-0.1, -0.05) is 41.9 Å². The van der Waals surface area contributed by atoms with Gasteiger partial charge in [0.1, 0.15) is 11.5 Å². The Bertz CT molecular complexity index is 1280. The number of rotatable bonds is 9. The molecule has 9 heteroatoms. The molecule has 1 amide bonds. The first-order chi connectivity index (χ1) is 17.3. The minimum absolute atomic E-state index is 0.0635.